The summed E-state index contributed by atoms with van der Waals surface area (Å²) >= 11 is 0. The van der Waals surface area contributed by atoms with Crippen LogP contribution in [0.25, 0.3) is 11.0 Å². The number of halogens is 3. The van der Waals surface area contributed by atoms with Gasteiger partial charge in [0.2, 0.25) is 5.95 Å². The maximum Gasteiger partial charge on any atom is 0.419 e. The monoisotopic (exact) mass is 533 g/mol. The number of aromatic nitrogens is 4. The van der Waals surface area contributed by atoms with E-state index in [9.17, 15) is 22.8 Å². The molecule has 1 fully saturated rings. The molecule has 1 unspecified atom stereocenters. The Labute approximate surface area is 217 Å². The van der Waals surface area contributed by atoms with Gasteiger partial charge >= 0.3 is 12.3 Å². The number of ether oxygens (including phenoxy) is 1. The van der Waals surface area contributed by atoms with E-state index in [2.05, 4.69) is 20.3 Å². The van der Waals surface area contributed by atoms with Crippen LogP contribution in [0.4, 0.5) is 23.9 Å². The maximum absolute atomic E-state index is 13.5. The van der Waals surface area contributed by atoms with Crippen molar-refractivity contribution >= 4 is 29.0 Å². The molecule has 0 saturated carbocycles. The number of carbonyl (C=O) groups is 2. The van der Waals surface area contributed by atoms with Gasteiger partial charge in [-0.1, -0.05) is 0 Å². The minimum atomic E-state index is -4.50. The lowest BCUT2D eigenvalue weighted by molar-refractivity contribution is -0.138. The highest BCUT2D eigenvalue weighted by Crippen LogP contribution is 2.28. The summed E-state index contributed by atoms with van der Waals surface area (Å²) in [5.74, 6) is -0.0111. The number of piperazine rings is 1. The van der Waals surface area contributed by atoms with Crippen molar-refractivity contribution in [3.8, 4) is 0 Å². The summed E-state index contributed by atoms with van der Waals surface area (Å²) in [6, 6.07) is 3.36. The van der Waals surface area contributed by atoms with Gasteiger partial charge in [0.1, 0.15) is 11.1 Å². The lowest BCUT2D eigenvalue weighted by atomic mass is 10.2. The number of nitrogens with zero attached hydrogens (tertiary/aromatic N) is 6. The molecule has 1 saturated heterocycles. The molecule has 204 valence electrons. The van der Waals surface area contributed by atoms with Gasteiger partial charge in [0.25, 0.3) is 5.91 Å². The topological polar surface area (TPSA) is 105 Å². The second kappa shape index (κ2) is 10.5. The van der Waals surface area contributed by atoms with Gasteiger partial charge < -0.3 is 24.4 Å². The van der Waals surface area contributed by atoms with E-state index >= 15 is 0 Å². The lowest BCUT2D eigenvalue weighted by Gasteiger charge is -2.34. The number of anilines is 1. The molecule has 13 heteroatoms. The second-order valence-electron chi connectivity index (χ2n) is 10.2. The normalized spacial score (nSPS) is 15.4. The Hall–Kier alpha value is -3.90. The van der Waals surface area contributed by atoms with Crippen LogP contribution in [0, 0.1) is 0 Å². The number of amides is 2. The minimum Gasteiger partial charge on any atom is -0.444 e. The number of carbonyl (C=O) groups excluding carboxylic acids is 2. The molecular weight excluding hydrogens is 503 g/mol. The zero-order valence-corrected chi connectivity index (χ0v) is 21.6. The summed E-state index contributed by atoms with van der Waals surface area (Å²) in [7, 11) is 0. The highest BCUT2D eigenvalue weighted by atomic mass is 19.4. The molecule has 0 spiro atoms. The highest BCUT2D eigenvalue weighted by Gasteiger charge is 2.32. The first kappa shape index (κ1) is 27.1. The Morgan fingerprint density at radius 3 is 2.34 bits per heavy atom. The number of nitrogens with one attached hydrogen (secondary N) is 1. The van der Waals surface area contributed by atoms with E-state index in [1.807, 2.05) is 17.6 Å². The molecule has 0 aliphatic carbocycles. The van der Waals surface area contributed by atoms with E-state index in [4.69, 9.17) is 4.74 Å². The molecule has 0 radical (unpaired) electrons. The zero-order valence-electron chi connectivity index (χ0n) is 21.6. The molecule has 4 heterocycles. The van der Waals surface area contributed by atoms with Crippen molar-refractivity contribution in [3.63, 3.8) is 0 Å². The second-order valence-corrected chi connectivity index (χ2v) is 10.2. The standard InChI is InChI=1S/C25H30F3N7O3/c1-16(32-23(37)38-24(2,3)4)14-35-15-18(20-19(35)6-5-7-29-20)21(36)33-8-10-34(11-9-33)22-30-12-17(13-31-22)25(26,27)28/h5-7,12-13,15-16H,8-11,14H2,1-4H3,(H,32,37). The number of hydrogen-bond acceptors (Lipinski definition) is 7. The van der Waals surface area contributed by atoms with Crippen LogP contribution >= 0.6 is 0 Å². The number of rotatable bonds is 5. The molecule has 4 rings (SSSR count). The van der Waals surface area contributed by atoms with Gasteiger partial charge in [-0.05, 0) is 39.8 Å². The first-order valence-electron chi connectivity index (χ1n) is 12.2. The number of pyridine rings is 1. The van der Waals surface area contributed by atoms with E-state index in [0.29, 0.717) is 43.8 Å². The number of alkyl halides is 3. The molecule has 1 atom stereocenters. The Morgan fingerprint density at radius 1 is 1.08 bits per heavy atom. The average Bonchev–Trinajstić information content (AvgIpc) is 3.20. The predicted octanol–water partition coefficient (Wildman–Crippen LogP) is 3.72. The highest BCUT2D eigenvalue weighted by molar-refractivity contribution is 6.05. The molecule has 1 aliphatic rings. The largest absolute Gasteiger partial charge is 0.444 e. The number of alkyl carbamates (subject to hydrolysis) is 1. The summed E-state index contributed by atoms with van der Waals surface area (Å²) in [5.41, 5.74) is 0.218. The fourth-order valence-corrected chi connectivity index (χ4v) is 4.19. The zero-order chi connectivity index (χ0) is 27.7. The third-order valence-electron chi connectivity index (χ3n) is 5.92. The van der Waals surface area contributed by atoms with Crippen molar-refractivity contribution in [1.29, 1.82) is 0 Å². The first-order chi connectivity index (χ1) is 17.8. The van der Waals surface area contributed by atoms with Crippen molar-refractivity contribution < 1.29 is 27.5 Å². The summed E-state index contributed by atoms with van der Waals surface area (Å²) in [6.45, 7) is 9.05. The van der Waals surface area contributed by atoms with Crippen LogP contribution in [0.2, 0.25) is 0 Å². The van der Waals surface area contributed by atoms with Crippen molar-refractivity contribution in [2.24, 2.45) is 0 Å². The van der Waals surface area contributed by atoms with Crippen LogP contribution in [-0.2, 0) is 17.5 Å². The third-order valence-corrected chi connectivity index (χ3v) is 5.92. The molecule has 0 bridgehead atoms. The van der Waals surface area contributed by atoms with Crippen LogP contribution in [0.5, 0.6) is 0 Å². The van der Waals surface area contributed by atoms with Gasteiger partial charge in [0, 0.05) is 63.6 Å². The smallest absolute Gasteiger partial charge is 0.419 e. The molecule has 10 nitrogen and oxygen atoms in total. The third kappa shape index (κ3) is 6.32. The molecule has 38 heavy (non-hydrogen) atoms. The van der Waals surface area contributed by atoms with Crippen molar-refractivity contribution in [3.05, 3.63) is 48.0 Å². The van der Waals surface area contributed by atoms with Crippen LogP contribution < -0.4 is 10.2 Å². The van der Waals surface area contributed by atoms with E-state index in [1.54, 1.807) is 49.0 Å². The van der Waals surface area contributed by atoms with Crippen molar-refractivity contribution in [2.75, 3.05) is 31.1 Å². The fourth-order valence-electron chi connectivity index (χ4n) is 4.19. The number of hydrogen-bond donors (Lipinski definition) is 1. The van der Waals surface area contributed by atoms with E-state index in [0.717, 1.165) is 17.9 Å². The van der Waals surface area contributed by atoms with E-state index < -0.39 is 23.4 Å². The Bertz CT molecular complexity index is 1290. The molecule has 3 aromatic rings. The molecule has 3 aromatic heterocycles. The van der Waals surface area contributed by atoms with E-state index in [-0.39, 0.29) is 17.9 Å². The predicted molar refractivity (Wildman–Crippen MR) is 134 cm³/mol. The minimum absolute atomic E-state index is 0.190. The van der Waals surface area contributed by atoms with E-state index in [1.165, 1.54) is 0 Å². The first-order valence-corrected chi connectivity index (χ1v) is 12.2. The number of fused-ring (bicyclic) bond motifs is 1. The van der Waals surface area contributed by atoms with Crippen LogP contribution in [0.3, 0.4) is 0 Å². The van der Waals surface area contributed by atoms with Gasteiger partial charge in [0.15, 0.2) is 0 Å². The summed E-state index contributed by atoms with van der Waals surface area (Å²) < 4.78 is 45.6. The van der Waals surface area contributed by atoms with Gasteiger partial charge in [-0.3, -0.25) is 9.78 Å². The van der Waals surface area contributed by atoms with Crippen molar-refractivity contribution in [1.82, 2.24) is 29.7 Å². The van der Waals surface area contributed by atoms with Gasteiger partial charge in [-0.15, -0.1) is 0 Å². The van der Waals surface area contributed by atoms with Crippen LogP contribution in [0.15, 0.2) is 36.9 Å². The fraction of sp³-hybridized carbons (Fsp3) is 0.480. The molecule has 2 amide bonds. The summed E-state index contributed by atoms with van der Waals surface area (Å²) in [6.07, 6.45) is -0.145. The quantitative estimate of drug-likeness (QED) is 0.533. The SMILES string of the molecule is CC(Cn1cc(C(=O)N2CCN(c3ncc(C(F)(F)F)cn3)CC2)c2ncccc21)NC(=O)OC(C)(C)C. The van der Waals surface area contributed by atoms with Gasteiger partial charge in [-0.25, -0.2) is 14.8 Å². The average molecular weight is 534 g/mol. The maximum atomic E-state index is 13.5. The summed E-state index contributed by atoms with van der Waals surface area (Å²) in [4.78, 5) is 41.1. The van der Waals surface area contributed by atoms with Gasteiger partial charge in [-0.2, -0.15) is 13.2 Å². The Kier molecular flexibility index (Phi) is 7.47. The van der Waals surface area contributed by atoms with Gasteiger partial charge in [0.05, 0.1) is 16.6 Å². The lowest BCUT2D eigenvalue weighted by Crippen LogP contribution is -2.49. The van der Waals surface area contributed by atoms with Crippen LogP contribution in [-0.4, -0.2) is 74.2 Å². The summed E-state index contributed by atoms with van der Waals surface area (Å²) in [5, 5.41) is 2.81. The molecular formula is C25H30F3N7O3. The molecule has 1 aliphatic heterocycles. The molecule has 1 N–H and O–H groups in total. The van der Waals surface area contributed by atoms with Crippen molar-refractivity contribution in [2.45, 2.75) is 52.1 Å². The molecule has 0 aromatic carbocycles. The Balaban J connectivity index is 1.43. The Morgan fingerprint density at radius 2 is 1.74 bits per heavy atom. The van der Waals surface area contributed by atoms with Crippen LogP contribution in [0.1, 0.15) is 43.6 Å².